The quantitative estimate of drug-likeness (QED) is 0.467. The molecule has 1 saturated heterocycles. The Hall–Kier alpha value is -3.23. The molecule has 35 heavy (non-hydrogen) atoms. The minimum Gasteiger partial charge on any atom is -0.355 e. The first-order chi connectivity index (χ1) is 16.8. The summed E-state index contributed by atoms with van der Waals surface area (Å²) in [6.07, 6.45) is 4.70. The molecular weight excluding hydrogens is 462 g/mol. The lowest BCUT2D eigenvalue weighted by molar-refractivity contribution is -0.123. The highest BCUT2D eigenvalue weighted by Gasteiger charge is 2.38. The van der Waals surface area contributed by atoms with E-state index >= 15 is 0 Å². The van der Waals surface area contributed by atoms with Gasteiger partial charge in [0, 0.05) is 25.3 Å². The zero-order valence-corrected chi connectivity index (χ0v) is 21.2. The molecule has 1 aliphatic heterocycles. The van der Waals surface area contributed by atoms with Crippen molar-refractivity contribution >= 4 is 33.8 Å². The van der Waals surface area contributed by atoms with Crippen LogP contribution >= 0.6 is 0 Å². The number of sulfonamides is 1. The smallest absolute Gasteiger partial charge is 0.248 e. The van der Waals surface area contributed by atoms with E-state index in [2.05, 4.69) is 5.16 Å². The number of aryl methyl sites for hydroxylation is 2. The molecule has 8 heteroatoms. The largest absolute Gasteiger partial charge is 0.355 e. The molecule has 0 unspecified atom stereocenters. The highest BCUT2D eigenvalue weighted by Crippen LogP contribution is 2.30. The fourth-order valence-electron chi connectivity index (χ4n) is 4.43. The van der Waals surface area contributed by atoms with Gasteiger partial charge in [-0.2, -0.15) is 4.31 Å². The SMILES string of the molecule is CCN(C(=O)[C@@H]1CCCN(S(=O)(=O)c2c(C)noc2/C=C/c2ccc(C)cc2)C1)c1ccccc1. The molecule has 0 aliphatic carbocycles. The van der Waals surface area contributed by atoms with Crippen LogP contribution in [0.5, 0.6) is 0 Å². The van der Waals surface area contributed by atoms with Gasteiger partial charge in [-0.1, -0.05) is 59.3 Å². The van der Waals surface area contributed by atoms with Crippen LogP contribution in [0, 0.1) is 19.8 Å². The number of benzene rings is 2. The van der Waals surface area contributed by atoms with Crippen molar-refractivity contribution in [2.45, 2.75) is 38.5 Å². The predicted octanol–water partition coefficient (Wildman–Crippen LogP) is 4.92. The number of nitrogens with zero attached hydrogens (tertiary/aromatic N) is 3. The third-order valence-electron chi connectivity index (χ3n) is 6.32. The van der Waals surface area contributed by atoms with Gasteiger partial charge in [-0.3, -0.25) is 4.79 Å². The summed E-state index contributed by atoms with van der Waals surface area (Å²) in [4.78, 5) is 15.2. The Balaban J connectivity index is 1.57. The Kier molecular flexibility index (Phi) is 7.52. The Labute approximate surface area is 207 Å². The van der Waals surface area contributed by atoms with Crippen molar-refractivity contribution in [2.24, 2.45) is 5.92 Å². The van der Waals surface area contributed by atoms with Crippen LogP contribution in [0.2, 0.25) is 0 Å². The Morgan fingerprint density at radius 3 is 2.51 bits per heavy atom. The van der Waals surface area contributed by atoms with Crippen molar-refractivity contribution in [3.63, 3.8) is 0 Å². The van der Waals surface area contributed by atoms with Crippen LogP contribution in [-0.4, -0.2) is 43.4 Å². The summed E-state index contributed by atoms with van der Waals surface area (Å²) in [5, 5.41) is 3.93. The highest BCUT2D eigenvalue weighted by molar-refractivity contribution is 7.89. The number of aromatic nitrogens is 1. The molecule has 3 aromatic rings. The van der Waals surface area contributed by atoms with Gasteiger partial charge >= 0.3 is 0 Å². The zero-order valence-electron chi connectivity index (χ0n) is 20.3. The third kappa shape index (κ3) is 5.39. The molecule has 1 amide bonds. The first-order valence-corrected chi connectivity index (χ1v) is 13.3. The van der Waals surface area contributed by atoms with Gasteiger partial charge in [0.15, 0.2) is 10.7 Å². The van der Waals surface area contributed by atoms with Crippen molar-refractivity contribution in [1.82, 2.24) is 9.46 Å². The van der Waals surface area contributed by atoms with Crippen LogP contribution in [0.3, 0.4) is 0 Å². The van der Waals surface area contributed by atoms with Crippen molar-refractivity contribution in [1.29, 1.82) is 0 Å². The van der Waals surface area contributed by atoms with Crippen molar-refractivity contribution in [2.75, 3.05) is 24.5 Å². The van der Waals surface area contributed by atoms with Gasteiger partial charge in [-0.05, 0) is 57.4 Å². The molecule has 1 aromatic heterocycles. The Morgan fingerprint density at radius 1 is 1.11 bits per heavy atom. The van der Waals surface area contributed by atoms with E-state index in [1.165, 1.54) is 4.31 Å². The van der Waals surface area contributed by atoms with E-state index in [4.69, 9.17) is 4.52 Å². The molecule has 4 rings (SSSR count). The van der Waals surface area contributed by atoms with Crippen LogP contribution in [0.1, 0.15) is 42.3 Å². The number of hydrogen-bond acceptors (Lipinski definition) is 5. The maximum atomic E-state index is 13.7. The van der Waals surface area contributed by atoms with Crippen LogP contribution < -0.4 is 4.90 Å². The van der Waals surface area contributed by atoms with E-state index < -0.39 is 15.9 Å². The summed E-state index contributed by atoms with van der Waals surface area (Å²) >= 11 is 0. The molecule has 0 saturated carbocycles. The summed E-state index contributed by atoms with van der Waals surface area (Å²) in [5.41, 5.74) is 3.20. The van der Waals surface area contributed by atoms with E-state index in [1.807, 2.05) is 68.4 Å². The van der Waals surface area contributed by atoms with Crippen molar-refractivity contribution < 1.29 is 17.7 Å². The number of hydrogen-bond donors (Lipinski definition) is 0. The molecule has 1 aliphatic rings. The molecule has 0 bridgehead atoms. The van der Waals surface area contributed by atoms with Gasteiger partial charge in [0.25, 0.3) is 0 Å². The van der Waals surface area contributed by atoms with Crippen molar-refractivity contribution in [3.05, 3.63) is 77.2 Å². The molecule has 0 N–H and O–H groups in total. The highest BCUT2D eigenvalue weighted by atomic mass is 32.2. The predicted molar refractivity (Wildman–Crippen MR) is 137 cm³/mol. The maximum Gasteiger partial charge on any atom is 0.248 e. The second kappa shape index (κ2) is 10.6. The van der Waals surface area contributed by atoms with E-state index in [0.29, 0.717) is 31.6 Å². The number of rotatable bonds is 7. The molecular formula is C27H31N3O4S. The normalized spacial score (nSPS) is 17.1. The lowest BCUT2D eigenvalue weighted by atomic mass is 9.97. The lowest BCUT2D eigenvalue weighted by Gasteiger charge is -2.34. The van der Waals surface area contributed by atoms with Crippen LogP contribution in [0.15, 0.2) is 64.0 Å². The van der Waals surface area contributed by atoms with Gasteiger partial charge in [-0.15, -0.1) is 0 Å². The van der Waals surface area contributed by atoms with E-state index in [0.717, 1.165) is 16.8 Å². The Morgan fingerprint density at radius 2 is 1.83 bits per heavy atom. The third-order valence-corrected chi connectivity index (χ3v) is 8.34. The van der Waals surface area contributed by atoms with Crippen LogP contribution in [-0.2, 0) is 14.8 Å². The van der Waals surface area contributed by atoms with E-state index in [-0.39, 0.29) is 23.1 Å². The summed E-state index contributed by atoms with van der Waals surface area (Å²) in [6.45, 7) is 6.57. The summed E-state index contributed by atoms with van der Waals surface area (Å²) in [6, 6.07) is 17.4. The molecule has 1 fully saturated rings. The lowest BCUT2D eigenvalue weighted by Crippen LogP contribution is -2.47. The average Bonchev–Trinajstić information content (AvgIpc) is 3.26. The average molecular weight is 494 g/mol. The Bertz CT molecular complexity index is 1300. The van der Waals surface area contributed by atoms with Crippen LogP contribution in [0.25, 0.3) is 12.2 Å². The van der Waals surface area contributed by atoms with Gasteiger partial charge < -0.3 is 9.42 Å². The monoisotopic (exact) mass is 493 g/mol. The van der Waals surface area contributed by atoms with Gasteiger partial charge in [0.05, 0.1) is 5.92 Å². The number of carbonyl (C=O) groups is 1. The number of piperidine rings is 1. The standard InChI is InChI=1S/C27H31N3O4S/c1-4-30(24-10-6-5-7-11-24)27(31)23-9-8-18-29(19-23)35(32,33)26-21(3)28-34-25(26)17-16-22-14-12-20(2)13-15-22/h5-7,10-17,23H,4,8-9,18-19H2,1-3H3/b17-16+/t23-/m1/s1. The zero-order chi connectivity index (χ0) is 25.0. The van der Waals surface area contributed by atoms with Crippen LogP contribution in [0.4, 0.5) is 5.69 Å². The molecule has 184 valence electrons. The first kappa shape index (κ1) is 24.9. The topological polar surface area (TPSA) is 83.7 Å². The second-order valence-corrected chi connectivity index (χ2v) is 10.7. The molecule has 2 aromatic carbocycles. The van der Waals surface area contributed by atoms with Crippen molar-refractivity contribution in [3.8, 4) is 0 Å². The van der Waals surface area contributed by atoms with Gasteiger partial charge in [0.2, 0.25) is 15.9 Å². The fourth-order valence-corrected chi connectivity index (χ4v) is 6.21. The molecule has 1 atom stereocenters. The second-order valence-electron chi connectivity index (χ2n) is 8.83. The first-order valence-electron chi connectivity index (χ1n) is 11.9. The van der Waals surface area contributed by atoms with Gasteiger partial charge in [0.1, 0.15) is 5.69 Å². The number of amides is 1. The maximum absolute atomic E-state index is 13.7. The molecule has 0 spiro atoms. The number of carbonyl (C=O) groups excluding carboxylic acids is 1. The summed E-state index contributed by atoms with van der Waals surface area (Å²) < 4.78 is 34.2. The number of anilines is 1. The van der Waals surface area contributed by atoms with E-state index in [1.54, 1.807) is 24.0 Å². The minimum absolute atomic E-state index is 0.0554. The molecule has 0 radical (unpaired) electrons. The van der Waals surface area contributed by atoms with Gasteiger partial charge in [-0.25, -0.2) is 8.42 Å². The number of para-hydroxylation sites is 1. The minimum atomic E-state index is -3.90. The molecule has 2 heterocycles. The fraction of sp³-hybridized carbons (Fsp3) is 0.333. The summed E-state index contributed by atoms with van der Waals surface area (Å²) in [5.74, 6) is -0.276. The molecule has 7 nitrogen and oxygen atoms in total. The van der Waals surface area contributed by atoms with E-state index in [9.17, 15) is 13.2 Å². The summed E-state index contributed by atoms with van der Waals surface area (Å²) in [7, 11) is -3.90.